The maximum absolute atomic E-state index is 12.0. The van der Waals surface area contributed by atoms with Crippen LogP contribution < -0.4 is 5.32 Å². The third-order valence-electron chi connectivity index (χ3n) is 3.54. The van der Waals surface area contributed by atoms with E-state index in [9.17, 15) is 9.90 Å². The van der Waals surface area contributed by atoms with Crippen molar-refractivity contribution in [3.63, 3.8) is 0 Å². The van der Waals surface area contributed by atoms with Gasteiger partial charge in [-0.15, -0.1) is 0 Å². The molecule has 0 spiro atoms. The highest BCUT2D eigenvalue weighted by Crippen LogP contribution is 2.23. The van der Waals surface area contributed by atoms with Crippen LogP contribution in [-0.4, -0.2) is 33.4 Å². The predicted octanol–water partition coefficient (Wildman–Crippen LogP) is 1.01. The highest BCUT2D eigenvalue weighted by molar-refractivity contribution is 5.92. The Labute approximate surface area is 107 Å². The summed E-state index contributed by atoms with van der Waals surface area (Å²) in [5, 5.41) is 16.7. The lowest BCUT2D eigenvalue weighted by Gasteiger charge is -2.25. The molecule has 0 bridgehead atoms. The van der Waals surface area contributed by atoms with Gasteiger partial charge in [-0.25, -0.2) is 0 Å². The molecular formula is C13H21N3O2. The first-order valence-corrected chi connectivity index (χ1v) is 6.53. The summed E-state index contributed by atoms with van der Waals surface area (Å²) < 4.78 is 1.60. The van der Waals surface area contributed by atoms with Crippen LogP contribution in [0.4, 0.5) is 0 Å². The van der Waals surface area contributed by atoms with Crippen LogP contribution in [0.2, 0.25) is 0 Å². The van der Waals surface area contributed by atoms with Crippen molar-refractivity contribution in [1.29, 1.82) is 0 Å². The van der Waals surface area contributed by atoms with E-state index in [0.717, 1.165) is 31.4 Å². The van der Waals surface area contributed by atoms with Crippen LogP contribution >= 0.6 is 0 Å². The van der Waals surface area contributed by atoms with E-state index in [4.69, 9.17) is 0 Å². The zero-order chi connectivity index (χ0) is 13.1. The summed E-state index contributed by atoms with van der Waals surface area (Å²) >= 11 is 0. The van der Waals surface area contributed by atoms with Crippen molar-refractivity contribution in [2.24, 2.45) is 13.0 Å². The molecule has 5 nitrogen and oxygen atoms in total. The molecule has 1 amide bonds. The average molecular weight is 251 g/mol. The Balaban J connectivity index is 1.86. The molecule has 1 aromatic heterocycles. The maximum Gasteiger partial charge on any atom is 0.269 e. The zero-order valence-corrected chi connectivity index (χ0v) is 11.0. The summed E-state index contributed by atoms with van der Waals surface area (Å²) in [5.41, 5.74) is 1.43. The molecule has 2 unspecified atom stereocenters. The molecule has 1 heterocycles. The molecular weight excluding hydrogens is 230 g/mol. The molecule has 2 rings (SSSR count). The van der Waals surface area contributed by atoms with Crippen LogP contribution in [0.25, 0.3) is 0 Å². The Morgan fingerprint density at radius 2 is 2.39 bits per heavy atom. The van der Waals surface area contributed by atoms with Gasteiger partial charge in [0.2, 0.25) is 0 Å². The van der Waals surface area contributed by atoms with Gasteiger partial charge in [-0.3, -0.25) is 9.48 Å². The van der Waals surface area contributed by atoms with Gasteiger partial charge in [-0.05, 0) is 38.2 Å². The summed E-state index contributed by atoms with van der Waals surface area (Å²) in [7, 11) is 1.77. The second-order valence-corrected chi connectivity index (χ2v) is 5.19. The van der Waals surface area contributed by atoms with Crippen LogP contribution in [0.1, 0.15) is 41.9 Å². The number of aliphatic hydroxyl groups excluding tert-OH is 1. The minimum atomic E-state index is -0.195. The topological polar surface area (TPSA) is 67.2 Å². The standard InChI is InChI=1S/C13H21N3O2/c1-9-6-12(16(2)15-9)13(18)14-8-10-4-3-5-11(17)7-10/h6,10-11,17H,3-5,7-8H2,1-2H3,(H,14,18). The number of rotatable bonds is 3. The van der Waals surface area contributed by atoms with Crippen molar-refractivity contribution in [1.82, 2.24) is 15.1 Å². The largest absolute Gasteiger partial charge is 0.393 e. The molecule has 2 atom stereocenters. The number of nitrogens with one attached hydrogen (secondary N) is 1. The number of aryl methyl sites for hydroxylation is 2. The Kier molecular flexibility index (Phi) is 4.01. The molecule has 100 valence electrons. The molecule has 0 aromatic carbocycles. The summed E-state index contributed by atoms with van der Waals surface area (Å²) in [6.07, 6.45) is 3.63. The van der Waals surface area contributed by atoms with E-state index >= 15 is 0 Å². The average Bonchev–Trinajstić information content (AvgIpc) is 2.66. The van der Waals surface area contributed by atoms with E-state index in [-0.39, 0.29) is 12.0 Å². The fourth-order valence-electron chi connectivity index (χ4n) is 2.60. The molecule has 1 aromatic rings. The van der Waals surface area contributed by atoms with Crippen LogP contribution in [0.5, 0.6) is 0 Å². The molecule has 1 saturated carbocycles. The number of hydrogen-bond donors (Lipinski definition) is 2. The van der Waals surface area contributed by atoms with E-state index < -0.39 is 0 Å². The lowest BCUT2D eigenvalue weighted by Crippen LogP contribution is -2.33. The second-order valence-electron chi connectivity index (χ2n) is 5.19. The van der Waals surface area contributed by atoms with Gasteiger partial charge >= 0.3 is 0 Å². The lowest BCUT2D eigenvalue weighted by molar-refractivity contribution is 0.0867. The number of carbonyl (C=O) groups is 1. The minimum absolute atomic E-state index is 0.0850. The summed E-state index contributed by atoms with van der Waals surface area (Å²) in [6, 6.07) is 1.78. The highest BCUT2D eigenvalue weighted by Gasteiger charge is 2.21. The first-order valence-electron chi connectivity index (χ1n) is 6.53. The number of aromatic nitrogens is 2. The van der Waals surface area contributed by atoms with Gasteiger partial charge in [-0.1, -0.05) is 6.42 Å². The minimum Gasteiger partial charge on any atom is -0.393 e. The summed E-state index contributed by atoms with van der Waals surface area (Å²) in [6.45, 7) is 2.51. The van der Waals surface area contributed by atoms with Crippen molar-refractivity contribution in [2.75, 3.05) is 6.54 Å². The molecule has 0 saturated heterocycles. The van der Waals surface area contributed by atoms with Gasteiger partial charge in [0.05, 0.1) is 11.8 Å². The third-order valence-corrected chi connectivity index (χ3v) is 3.54. The molecule has 1 aliphatic rings. The van der Waals surface area contributed by atoms with E-state index in [1.807, 2.05) is 6.92 Å². The number of aliphatic hydroxyl groups is 1. The Morgan fingerprint density at radius 1 is 1.61 bits per heavy atom. The maximum atomic E-state index is 12.0. The Bertz CT molecular complexity index is 428. The van der Waals surface area contributed by atoms with Crippen LogP contribution in [0, 0.1) is 12.8 Å². The van der Waals surface area contributed by atoms with Crippen molar-refractivity contribution >= 4 is 5.91 Å². The number of hydrogen-bond acceptors (Lipinski definition) is 3. The van der Waals surface area contributed by atoms with Crippen molar-refractivity contribution in [3.8, 4) is 0 Å². The normalized spacial score (nSPS) is 23.9. The van der Waals surface area contributed by atoms with E-state index in [0.29, 0.717) is 18.2 Å². The molecule has 1 aliphatic carbocycles. The second kappa shape index (κ2) is 5.52. The van der Waals surface area contributed by atoms with Crippen molar-refractivity contribution in [2.45, 2.75) is 38.7 Å². The summed E-state index contributed by atoms with van der Waals surface area (Å²) in [5.74, 6) is 0.310. The van der Waals surface area contributed by atoms with Gasteiger partial charge in [-0.2, -0.15) is 5.10 Å². The predicted molar refractivity (Wildman–Crippen MR) is 68.2 cm³/mol. The van der Waals surface area contributed by atoms with Crippen molar-refractivity contribution < 1.29 is 9.90 Å². The number of carbonyl (C=O) groups excluding carboxylic acids is 1. The van der Waals surface area contributed by atoms with Crippen LogP contribution in [0.3, 0.4) is 0 Å². The number of amides is 1. The highest BCUT2D eigenvalue weighted by atomic mass is 16.3. The monoisotopic (exact) mass is 251 g/mol. The fourth-order valence-corrected chi connectivity index (χ4v) is 2.60. The van der Waals surface area contributed by atoms with Gasteiger partial charge in [0.25, 0.3) is 5.91 Å². The summed E-state index contributed by atoms with van der Waals surface area (Å²) in [4.78, 5) is 12.0. The molecule has 0 radical (unpaired) electrons. The smallest absolute Gasteiger partial charge is 0.269 e. The van der Waals surface area contributed by atoms with Gasteiger partial charge in [0, 0.05) is 13.6 Å². The van der Waals surface area contributed by atoms with Gasteiger partial charge in [0.15, 0.2) is 0 Å². The van der Waals surface area contributed by atoms with Crippen LogP contribution in [-0.2, 0) is 7.05 Å². The van der Waals surface area contributed by atoms with Gasteiger partial charge in [0.1, 0.15) is 5.69 Å². The third kappa shape index (κ3) is 3.10. The Morgan fingerprint density at radius 3 is 3.00 bits per heavy atom. The first-order chi connectivity index (χ1) is 8.56. The van der Waals surface area contributed by atoms with E-state index in [1.54, 1.807) is 17.8 Å². The SMILES string of the molecule is Cc1cc(C(=O)NCC2CCCC(O)C2)n(C)n1. The fraction of sp³-hybridized carbons (Fsp3) is 0.692. The molecule has 5 heteroatoms. The molecule has 0 aliphatic heterocycles. The van der Waals surface area contributed by atoms with E-state index in [2.05, 4.69) is 10.4 Å². The van der Waals surface area contributed by atoms with E-state index in [1.165, 1.54) is 0 Å². The Hall–Kier alpha value is -1.36. The first kappa shape index (κ1) is 13.1. The lowest BCUT2D eigenvalue weighted by atomic mass is 9.87. The molecule has 2 N–H and O–H groups in total. The molecule has 1 fully saturated rings. The van der Waals surface area contributed by atoms with Gasteiger partial charge < -0.3 is 10.4 Å². The quantitative estimate of drug-likeness (QED) is 0.842. The number of nitrogens with zero attached hydrogens (tertiary/aromatic N) is 2. The van der Waals surface area contributed by atoms with Crippen molar-refractivity contribution in [3.05, 3.63) is 17.5 Å². The van der Waals surface area contributed by atoms with Crippen LogP contribution in [0.15, 0.2) is 6.07 Å². The molecule has 18 heavy (non-hydrogen) atoms. The zero-order valence-electron chi connectivity index (χ0n) is 11.0.